The molecule has 2 N–H and O–H groups in total. The molecule has 1 amide bonds. The van der Waals surface area contributed by atoms with Crippen LogP contribution >= 0.6 is 0 Å². The third kappa shape index (κ3) is 3.41. The number of nitriles is 1. The number of carbonyl (C=O) groups is 1. The van der Waals surface area contributed by atoms with Crippen LogP contribution in [0.2, 0.25) is 0 Å². The maximum absolute atomic E-state index is 11.0. The molecule has 0 aromatic carbocycles. The van der Waals surface area contributed by atoms with E-state index in [0.29, 0.717) is 6.54 Å². The molecular formula is C10H11N5O3. The summed E-state index contributed by atoms with van der Waals surface area (Å²) >= 11 is 0. The smallest absolute Gasteiger partial charge is 0.289 e. The Balaban J connectivity index is 2.75. The lowest BCUT2D eigenvalue weighted by molar-refractivity contribution is -0.385. The van der Waals surface area contributed by atoms with Gasteiger partial charge in [-0.25, -0.2) is 4.98 Å². The molecule has 1 rings (SSSR count). The fraction of sp³-hybridized carbons (Fsp3) is 0.300. The number of amides is 1. The quantitative estimate of drug-likeness (QED) is 0.575. The highest BCUT2D eigenvalue weighted by Gasteiger charge is 2.11. The molecule has 1 aromatic heterocycles. The van der Waals surface area contributed by atoms with Gasteiger partial charge in [0.2, 0.25) is 5.91 Å². The number of aromatic nitrogens is 1. The van der Waals surface area contributed by atoms with E-state index in [0.717, 1.165) is 12.3 Å². The van der Waals surface area contributed by atoms with E-state index in [-0.39, 0.29) is 29.4 Å². The van der Waals surface area contributed by atoms with Crippen LogP contribution in [0.15, 0.2) is 12.3 Å². The zero-order chi connectivity index (χ0) is 13.5. The van der Waals surface area contributed by atoms with Crippen molar-refractivity contribution in [1.29, 1.82) is 5.26 Å². The summed E-state index contributed by atoms with van der Waals surface area (Å²) in [6.07, 6.45) is 1.28. The van der Waals surface area contributed by atoms with Gasteiger partial charge in [0.15, 0.2) is 0 Å². The molecule has 0 unspecified atom stereocenters. The molecule has 0 aliphatic rings. The molecule has 1 aromatic rings. The first-order valence-electron chi connectivity index (χ1n) is 5.07. The van der Waals surface area contributed by atoms with Crippen LogP contribution in [0, 0.1) is 21.4 Å². The highest BCUT2D eigenvalue weighted by Crippen LogP contribution is 2.17. The van der Waals surface area contributed by atoms with Gasteiger partial charge < -0.3 is 10.6 Å². The van der Waals surface area contributed by atoms with Crippen molar-refractivity contribution < 1.29 is 9.72 Å². The molecule has 18 heavy (non-hydrogen) atoms. The Labute approximate surface area is 103 Å². The summed E-state index contributed by atoms with van der Waals surface area (Å²) in [4.78, 5) is 24.6. The standard InChI is InChI=1S/C10H11N5O3/c1-12-9(16)2-3-13-10-7(5-11)4-8(6-14-10)15(17)18/h4,6H,2-3H2,1H3,(H,12,16)(H,13,14). The Kier molecular flexibility index (Phi) is 4.57. The average molecular weight is 249 g/mol. The van der Waals surface area contributed by atoms with Gasteiger partial charge in [-0.15, -0.1) is 0 Å². The first kappa shape index (κ1) is 13.4. The third-order valence-electron chi connectivity index (χ3n) is 2.13. The molecule has 1 heterocycles. The summed E-state index contributed by atoms with van der Waals surface area (Å²) in [6, 6.07) is 2.95. The summed E-state index contributed by atoms with van der Waals surface area (Å²) in [6.45, 7) is 0.291. The zero-order valence-electron chi connectivity index (χ0n) is 9.64. The molecule has 0 radical (unpaired) electrons. The fourth-order valence-electron chi connectivity index (χ4n) is 1.20. The minimum atomic E-state index is -0.623. The van der Waals surface area contributed by atoms with Gasteiger partial charge >= 0.3 is 0 Å². The van der Waals surface area contributed by atoms with Gasteiger partial charge in [0.05, 0.1) is 4.92 Å². The summed E-state index contributed by atoms with van der Waals surface area (Å²) in [7, 11) is 1.52. The van der Waals surface area contributed by atoms with Gasteiger partial charge in [0.1, 0.15) is 23.6 Å². The van der Waals surface area contributed by atoms with Crippen molar-refractivity contribution in [2.24, 2.45) is 0 Å². The number of hydrogen-bond acceptors (Lipinski definition) is 6. The molecule has 0 aliphatic heterocycles. The maximum atomic E-state index is 11.0. The SMILES string of the molecule is CNC(=O)CCNc1ncc([N+](=O)[O-])cc1C#N. The van der Waals surface area contributed by atoms with Crippen molar-refractivity contribution in [3.63, 3.8) is 0 Å². The normalized spacial score (nSPS) is 9.33. The highest BCUT2D eigenvalue weighted by atomic mass is 16.6. The lowest BCUT2D eigenvalue weighted by atomic mass is 10.2. The highest BCUT2D eigenvalue weighted by molar-refractivity contribution is 5.76. The van der Waals surface area contributed by atoms with Crippen LogP contribution in [0.4, 0.5) is 11.5 Å². The van der Waals surface area contributed by atoms with Crippen LogP contribution < -0.4 is 10.6 Å². The molecule has 0 spiro atoms. The van der Waals surface area contributed by atoms with Gasteiger partial charge in [-0.3, -0.25) is 14.9 Å². The number of carbonyl (C=O) groups excluding carboxylic acids is 1. The van der Waals surface area contributed by atoms with Crippen molar-refractivity contribution >= 4 is 17.4 Å². The molecule has 94 valence electrons. The van der Waals surface area contributed by atoms with Gasteiger partial charge in [-0.1, -0.05) is 0 Å². The number of hydrogen-bond donors (Lipinski definition) is 2. The van der Waals surface area contributed by atoms with Crippen molar-refractivity contribution in [2.45, 2.75) is 6.42 Å². The second-order valence-corrected chi connectivity index (χ2v) is 3.31. The van der Waals surface area contributed by atoms with E-state index in [1.54, 1.807) is 0 Å². The molecule has 0 saturated heterocycles. The van der Waals surface area contributed by atoms with Gasteiger partial charge in [0, 0.05) is 26.1 Å². The number of anilines is 1. The van der Waals surface area contributed by atoms with Crippen LogP contribution in [0.25, 0.3) is 0 Å². The number of rotatable bonds is 5. The zero-order valence-corrected chi connectivity index (χ0v) is 9.64. The first-order valence-corrected chi connectivity index (χ1v) is 5.07. The Hall–Kier alpha value is -2.69. The first-order chi connectivity index (χ1) is 8.58. The minimum Gasteiger partial charge on any atom is -0.368 e. The predicted octanol–water partition coefficient (Wildman–Crippen LogP) is 0.409. The van der Waals surface area contributed by atoms with Crippen LogP contribution in [0.5, 0.6) is 0 Å². The predicted molar refractivity (Wildman–Crippen MR) is 62.8 cm³/mol. The summed E-state index contributed by atoms with van der Waals surface area (Å²) in [5, 5.41) is 24.6. The average Bonchev–Trinajstić information content (AvgIpc) is 2.38. The molecule has 0 aliphatic carbocycles. The lowest BCUT2D eigenvalue weighted by Gasteiger charge is -2.06. The molecule has 8 nitrogen and oxygen atoms in total. The Bertz CT molecular complexity index is 509. The van der Waals surface area contributed by atoms with Crippen molar-refractivity contribution in [1.82, 2.24) is 10.3 Å². The van der Waals surface area contributed by atoms with E-state index in [1.165, 1.54) is 7.05 Å². The van der Waals surface area contributed by atoms with Crippen LogP contribution in [-0.2, 0) is 4.79 Å². The van der Waals surface area contributed by atoms with E-state index < -0.39 is 4.92 Å². The largest absolute Gasteiger partial charge is 0.368 e. The summed E-state index contributed by atoms with van der Waals surface area (Å²) < 4.78 is 0. The number of nitro groups is 1. The third-order valence-corrected chi connectivity index (χ3v) is 2.13. The van der Waals surface area contributed by atoms with E-state index in [2.05, 4.69) is 15.6 Å². The van der Waals surface area contributed by atoms with E-state index in [1.807, 2.05) is 6.07 Å². The Morgan fingerprint density at radius 2 is 2.39 bits per heavy atom. The topological polar surface area (TPSA) is 121 Å². The maximum Gasteiger partial charge on any atom is 0.289 e. The number of pyridine rings is 1. The summed E-state index contributed by atoms with van der Waals surface area (Å²) in [5.74, 6) is 0.0786. The summed E-state index contributed by atoms with van der Waals surface area (Å²) in [5.41, 5.74) is -0.176. The fourth-order valence-corrected chi connectivity index (χ4v) is 1.20. The van der Waals surface area contributed by atoms with Crippen LogP contribution in [-0.4, -0.2) is 29.4 Å². The van der Waals surface area contributed by atoms with Crippen LogP contribution in [0.1, 0.15) is 12.0 Å². The van der Waals surface area contributed by atoms with Gasteiger partial charge in [-0.05, 0) is 0 Å². The molecule has 0 fully saturated rings. The molecular weight excluding hydrogens is 238 g/mol. The van der Waals surface area contributed by atoms with Crippen molar-refractivity contribution in [2.75, 3.05) is 18.9 Å². The molecule has 0 bridgehead atoms. The Morgan fingerprint density at radius 1 is 1.67 bits per heavy atom. The van der Waals surface area contributed by atoms with E-state index in [4.69, 9.17) is 5.26 Å². The minimum absolute atomic E-state index is 0.0705. The van der Waals surface area contributed by atoms with Crippen molar-refractivity contribution in [3.8, 4) is 6.07 Å². The van der Waals surface area contributed by atoms with E-state index in [9.17, 15) is 14.9 Å². The molecule has 0 atom stereocenters. The number of nitrogens with zero attached hydrogens (tertiary/aromatic N) is 3. The number of nitrogens with one attached hydrogen (secondary N) is 2. The second-order valence-electron chi connectivity index (χ2n) is 3.31. The monoisotopic (exact) mass is 249 g/mol. The second kappa shape index (κ2) is 6.15. The van der Waals surface area contributed by atoms with E-state index >= 15 is 0 Å². The molecule has 8 heteroatoms. The van der Waals surface area contributed by atoms with Crippen molar-refractivity contribution in [3.05, 3.63) is 27.9 Å². The molecule has 0 saturated carbocycles. The Morgan fingerprint density at radius 3 is 2.94 bits per heavy atom. The lowest BCUT2D eigenvalue weighted by Crippen LogP contribution is -2.21. The van der Waals surface area contributed by atoms with Gasteiger partial charge in [-0.2, -0.15) is 5.26 Å². The van der Waals surface area contributed by atoms with Crippen LogP contribution in [0.3, 0.4) is 0 Å². The van der Waals surface area contributed by atoms with Gasteiger partial charge in [0.25, 0.3) is 5.69 Å².